The van der Waals surface area contributed by atoms with Crippen LogP contribution in [0, 0.1) is 5.92 Å². The number of aromatic nitrogens is 2. The van der Waals surface area contributed by atoms with E-state index in [9.17, 15) is 9.90 Å². The fourth-order valence-electron chi connectivity index (χ4n) is 2.68. The zero-order valence-corrected chi connectivity index (χ0v) is 15.1. The van der Waals surface area contributed by atoms with Gasteiger partial charge in [0.1, 0.15) is 11.7 Å². The molecule has 0 saturated carbocycles. The fourth-order valence-corrected chi connectivity index (χ4v) is 3.21. The van der Waals surface area contributed by atoms with Crippen molar-refractivity contribution in [3.05, 3.63) is 16.4 Å². The molecule has 1 aromatic rings. The van der Waals surface area contributed by atoms with Crippen molar-refractivity contribution >= 4 is 22.0 Å². The van der Waals surface area contributed by atoms with Gasteiger partial charge in [-0.15, -0.1) is 0 Å². The van der Waals surface area contributed by atoms with Crippen LogP contribution in [0.5, 0.6) is 0 Å². The lowest BCUT2D eigenvalue weighted by Crippen LogP contribution is -2.35. The molecule has 0 aliphatic carbocycles. The zero-order valence-electron chi connectivity index (χ0n) is 13.5. The van der Waals surface area contributed by atoms with E-state index in [0.717, 1.165) is 16.6 Å². The third-order valence-electron chi connectivity index (χ3n) is 3.74. The van der Waals surface area contributed by atoms with Crippen LogP contribution in [0.1, 0.15) is 45.9 Å². The summed E-state index contributed by atoms with van der Waals surface area (Å²) in [5, 5.41) is 14.9. The van der Waals surface area contributed by atoms with Gasteiger partial charge in [-0.3, -0.25) is 4.68 Å². The number of halogens is 1. The van der Waals surface area contributed by atoms with Gasteiger partial charge in [-0.2, -0.15) is 5.10 Å². The van der Waals surface area contributed by atoms with Crippen LogP contribution in [-0.2, 0) is 11.3 Å². The third-order valence-corrected chi connectivity index (χ3v) is 4.35. The first kappa shape index (κ1) is 17.3. The highest BCUT2D eigenvalue weighted by Gasteiger charge is 2.35. The largest absolute Gasteiger partial charge is 0.444 e. The highest BCUT2D eigenvalue weighted by Crippen LogP contribution is 2.34. The van der Waals surface area contributed by atoms with Crippen LogP contribution in [0.3, 0.4) is 0 Å². The van der Waals surface area contributed by atoms with Gasteiger partial charge in [0.05, 0.1) is 16.4 Å². The molecular formula is C15H24BrN3O3. The van der Waals surface area contributed by atoms with Crippen molar-refractivity contribution in [1.29, 1.82) is 0 Å². The van der Waals surface area contributed by atoms with E-state index in [2.05, 4.69) is 21.0 Å². The molecule has 2 atom stereocenters. The molecule has 124 valence electrons. The van der Waals surface area contributed by atoms with E-state index in [1.807, 2.05) is 27.7 Å². The molecule has 1 amide bonds. The van der Waals surface area contributed by atoms with Crippen LogP contribution in [-0.4, -0.2) is 44.6 Å². The second kappa shape index (κ2) is 6.58. The van der Waals surface area contributed by atoms with Gasteiger partial charge in [0.2, 0.25) is 0 Å². The Hall–Kier alpha value is -1.08. The second-order valence-electron chi connectivity index (χ2n) is 6.61. The predicted molar refractivity (Wildman–Crippen MR) is 86.5 cm³/mol. The molecule has 1 N–H and O–H groups in total. The number of carbonyl (C=O) groups excluding carboxylic acids is 1. The normalized spacial score (nSPS) is 20.3. The highest BCUT2D eigenvalue weighted by atomic mass is 79.9. The summed E-state index contributed by atoms with van der Waals surface area (Å²) in [5.74, 6) is -0.00850. The van der Waals surface area contributed by atoms with Gasteiger partial charge in [0.15, 0.2) is 0 Å². The molecule has 1 fully saturated rings. The van der Waals surface area contributed by atoms with Gasteiger partial charge in [0, 0.05) is 25.6 Å². The molecule has 1 aliphatic heterocycles. The Bertz CT molecular complexity index is 539. The third kappa shape index (κ3) is 3.81. The molecule has 2 unspecified atom stereocenters. The number of aliphatic hydroxyl groups is 1. The van der Waals surface area contributed by atoms with Crippen molar-refractivity contribution in [2.45, 2.75) is 52.4 Å². The van der Waals surface area contributed by atoms with Gasteiger partial charge >= 0.3 is 6.09 Å². The number of amides is 1. The minimum atomic E-state index is -0.649. The molecule has 7 heteroatoms. The minimum absolute atomic E-state index is 0.00850. The number of aliphatic hydroxyl groups excluding tert-OH is 1. The molecule has 0 spiro atoms. The van der Waals surface area contributed by atoms with Crippen molar-refractivity contribution in [3.8, 4) is 0 Å². The first-order chi connectivity index (χ1) is 10.2. The number of aryl methyl sites for hydroxylation is 1. The molecular weight excluding hydrogens is 350 g/mol. The Morgan fingerprint density at radius 2 is 2.27 bits per heavy atom. The Balaban J connectivity index is 2.03. The standard InChI is InChI=1S/C15H24BrN3O3/c1-5-19-12(11(16)8-17-19)13(20)10-6-7-18(9-10)14(21)22-15(2,3)4/h8,10,13,20H,5-7,9H2,1-4H3. The van der Waals surface area contributed by atoms with E-state index in [0.29, 0.717) is 19.6 Å². The number of carbonyl (C=O) groups is 1. The molecule has 1 aromatic heterocycles. The first-order valence-corrected chi connectivity index (χ1v) is 8.39. The number of nitrogens with zero attached hydrogens (tertiary/aromatic N) is 3. The van der Waals surface area contributed by atoms with E-state index in [-0.39, 0.29) is 12.0 Å². The van der Waals surface area contributed by atoms with E-state index >= 15 is 0 Å². The van der Waals surface area contributed by atoms with Gasteiger partial charge in [-0.05, 0) is 50.0 Å². The molecule has 1 saturated heterocycles. The predicted octanol–water partition coefficient (Wildman–Crippen LogP) is 2.96. The summed E-state index contributed by atoms with van der Waals surface area (Å²) < 4.78 is 7.97. The van der Waals surface area contributed by atoms with E-state index in [1.165, 1.54) is 0 Å². The summed E-state index contributed by atoms with van der Waals surface area (Å²) in [7, 11) is 0. The maximum atomic E-state index is 12.1. The molecule has 6 nitrogen and oxygen atoms in total. The van der Waals surface area contributed by atoms with Gasteiger partial charge in [-0.1, -0.05) is 0 Å². The Morgan fingerprint density at radius 3 is 2.86 bits per heavy atom. The summed E-state index contributed by atoms with van der Waals surface area (Å²) in [6, 6.07) is 0. The van der Waals surface area contributed by atoms with Crippen molar-refractivity contribution in [3.63, 3.8) is 0 Å². The minimum Gasteiger partial charge on any atom is -0.444 e. The molecule has 0 aromatic carbocycles. The van der Waals surface area contributed by atoms with Gasteiger partial charge in [0.25, 0.3) is 0 Å². The molecule has 22 heavy (non-hydrogen) atoms. The number of likely N-dealkylation sites (tertiary alicyclic amines) is 1. The van der Waals surface area contributed by atoms with Crippen molar-refractivity contribution in [2.24, 2.45) is 5.92 Å². The maximum absolute atomic E-state index is 12.1. The monoisotopic (exact) mass is 373 g/mol. The Kier molecular flexibility index (Phi) is 5.17. The summed E-state index contributed by atoms with van der Waals surface area (Å²) in [6.07, 6.45) is 1.49. The van der Waals surface area contributed by atoms with Crippen LogP contribution in [0.4, 0.5) is 4.79 Å². The zero-order chi connectivity index (χ0) is 16.5. The number of hydrogen-bond donors (Lipinski definition) is 1. The highest BCUT2D eigenvalue weighted by molar-refractivity contribution is 9.10. The molecule has 2 rings (SSSR count). The van der Waals surface area contributed by atoms with Crippen LogP contribution < -0.4 is 0 Å². The average Bonchev–Trinajstić information content (AvgIpc) is 3.02. The van der Waals surface area contributed by atoms with E-state index < -0.39 is 11.7 Å². The Morgan fingerprint density at radius 1 is 1.59 bits per heavy atom. The van der Waals surface area contributed by atoms with Crippen molar-refractivity contribution in [2.75, 3.05) is 13.1 Å². The molecule has 0 radical (unpaired) electrons. The number of rotatable bonds is 3. The quantitative estimate of drug-likeness (QED) is 0.884. The lowest BCUT2D eigenvalue weighted by Gasteiger charge is -2.25. The van der Waals surface area contributed by atoms with Gasteiger partial charge < -0.3 is 14.7 Å². The van der Waals surface area contributed by atoms with Crippen LogP contribution in [0.15, 0.2) is 10.7 Å². The number of ether oxygens (including phenoxy) is 1. The SMILES string of the molecule is CCn1ncc(Br)c1C(O)C1CCN(C(=O)OC(C)(C)C)C1. The molecule has 2 heterocycles. The van der Waals surface area contributed by atoms with Crippen LogP contribution in [0.25, 0.3) is 0 Å². The average molecular weight is 374 g/mol. The van der Waals surface area contributed by atoms with E-state index in [4.69, 9.17) is 4.74 Å². The molecule has 1 aliphatic rings. The number of hydrogen-bond acceptors (Lipinski definition) is 4. The van der Waals surface area contributed by atoms with Gasteiger partial charge in [-0.25, -0.2) is 4.79 Å². The fraction of sp³-hybridized carbons (Fsp3) is 0.733. The first-order valence-electron chi connectivity index (χ1n) is 7.60. The summed E-state index contributed by atoms with van der Waals surface area (Å²) >= 11 is 3.44. The van der Waals surface area contributed by atoms with E-state index in [1.54, 1.807) is 15.8 Å². The van der Waals surface area contributed by atoms with Crippen LogP contribution >= 0.6 is 15.9 Å². The Labute approximate surface area is 139 Å². The summed E-state index contributed by atoms with van der Waals surface area (Å²) in [5.41, 5.74) is 0.274. The lowest BCUT2D eigenvalue weighted by molar-refractivity contribution is 0.0265. The second-order valence-corrected chi connectivity index (χ2v) is 7.47. The topological polar surface area (TPSA) is 67.6 Å². The van der Waals surface area contributed by atoms with Crippen molar-refractivity contribution in [1.82, 2.24) is 14.7 Å². The maximum Gasteiger partial charge on any atom is 0.410 e. The summed E-state index contributed by atoms with van der Waals surface area (Å²) in [4.78, 5) is 13.8. The summed E-state index contributed by atoms with van der Waals surface area (Å²) in [6.45, 7) is 9.34. The molecule has 0 bridgehead atoms. The smallest absolute Gasteiger partial charge is 0.410 e. The lowest BCUT2D eigenvalue weighted by atomic mass is 9.99. The van der Waals surface area contributed by atoms with Crippen LogP contribution in [0.2, 0.25) is 0 Å². The van der Waals surface area contributed by atoms with Crippen molar-refractivity contribution < 1.29 is 14.6 Å².